The molecule has 4 rings (SSSR count). The highest BCUT2D eigenvalue weighted by Crippen LogP contribution is 2.34. The van der Waals surface area contributed by atoms with E-state index in [9.17, 15) is 19.7 Å². The molecule has 2 atom stereocenters. The maximum Gasteiger partial charge on any atom is 0.271 e. The Labute approximate surface area is 155 Å². The van der Waals surface area contributed by atoms with Crippen molar-refractivity contribution in [1.29, 1.82) is 0 Å². The summed E-state index contributed by atoms with van der Waals surface area (Å²) >= 11 is 0. The number of non-ortho nitro benzene ring substituents is 1. The first kappa shape index (κ1) is 17.4. The van der Waals surface area contributed by atoms with Crippen LogP contribution in [0.5, 0.6) is 0 Å². The van der Waals surface area contributed by atoms with E-state index in [4.69, 9.17) is 0 Å². The van der Waals surface area contributed by atoms with Gasteiger partial charge in [0.25, 0.3) is 11.2 Å². The number of nitrogens with zero attached hydrogens (tertiary/aromatic N) is 3. The number of fused-ring (bicyclic) bond motifs is 4. The second kappa shape index (κ2) is 6.96. The monoisotopic (exact) mass is 368 g/mol. The van der Waals surface area contributed by atoms with Crippen LogP contribution in [0.4, 0.5) is 11.4 Å². The average molecular weight is 368 g/mol. The lowest BCUT2D eigenvalue weighted by Gasteiger charge is -2.42. The number of hydrogen-bond donors (Lipinski definition) is 1. The number of nitro groups is 1. The van der Waals surface area contributed by atoms with Crippen molar-refractivity contribution < 1.29 is 9.72 Å². The molecular formula is C19H20N4O4. The Morgan fingerprint density at radius 2 is 2.00 bits per heavy atom. The second-order valence-electron chi connectivity index (χ2n) is 7.25. The fraction of sp³-hybridized carbons (Fsp3) is 0.368. The largest absolute Gasteiger partial charge is 0.325 e. The maximum absolute atomic E-state index is 12.4. The van der Waals surface area contributed by atoms with E-state index >= 15 is 0 Å². The normalized spacial score (nSPS) is 21.3. The molecule has 2 aliphatic heterocycles. The van der Waals surface area contributed by atoms with Gasteiger partial charge in [-0.05, 0) is 24.5 Å². The lowest BCUT2D eigenvalue weighted by molar-refractivity contribution is -0.384. The number of rotatable bonds is 4. The summed E-state index contributed by atoms with van der Waals surface area (Å²) in [6.07, 6.45) is 1.03. The molecule has 0 aliphatic carbocycles. The summed E-state index contributed by atoms with van der Waals surface area (Å²) in [6.45, 7) is 2.41. The van der Waals surface area contributed by atoms with Crippen LogP contribution in [0.1, 0.15) is 18.0 Å². The third-order valence-electron chi connectivity index (χ3n) is 5.26. The number of aromatic nitrogens is 1. The molecule has 8 heteroatoms. The molecule has 140 valence electrons. The summed E-state index contributed by atoms with van der Waals surface area (Å²) in [6, 6.07) is 11.3. The van der Waals surface area contributed by atoms with Gasteiger partial charge in [-0.2, -0.15) is 0 Å². The van der Waals surface area contributed by atoms with Gasteiger partial charge in [0.2, 0.25) is 5.91 Å². The van der Waals surface area contributed by atoms with E-state index in [0.29, 0.717) is 18.2 Å². The van der Waals surface area contributed by atoms with Crippen LogP contribution >= 0.6 is 0 Å². The van der Waals surface area contributed by atoms with Crippen LogP contribution in [0.25, 0.3) is 0 Å². The summed E-state index contributed by atoms with van der Waals surface area (Å²) in [4.78, 5) is 36.9. The number of likely N-dealkylation sites (tertiary alicyclic amines) is 1. The lowest BCUT2D eigenvalue weighted by atomic mass is 9.83. The number of nitrogens with one attached hydrogen (secondary N) is 1. The van der Waals surface area contributed by atoms with Crippen LogP contribution in [-0.4, -0.2) is 39.9 Å². The number of benzene rings is 1. The van der Waals surface area contributed by atoms with Crippen molar-refractivity contribution in [2.24, 2.45) is 5.92 Å². The molecule has 1 N–H and O–H groups in total. The van der Waals surface area contributed by atoms with Crippen LogP contribution < -0.4 is 10.9 Å². The maximum atomic E-state index is 12.4. The van der Waals surface area contributed by atoms with Crippen molar-refractivity contribution in [1.82, 2.24) is 9.47 Å². The van der Waals surface area contributed by atoms with Crippen LogP contribution in [-0.2, 0) is 11.3 Å². The Balaban J connectivity index is 1.43. The topological polar surface area (TPSA) is 97.5 Å². The van der Waals surface area contributed by atoms with Gasteiger partial charge in [0.1, 0.15) is 0 Å². The summed E-state index contributed by atoms with van der Waals surface area (Å²) < 4.78 is 1.86. The quantitative estimate of drug-likeness (QED) is 0.656. The third-order valence-corrected chi connectivity index (χ3v) is 5.26. The molecule has 27 heavy (non-hydrogen) atoms. The van der Waals surface area contributed by atoms with Gasteiger partial charge in [-0.25, -0.2) is 0 Å². The number of anilines is 1. The van der Waals surface area contributed by atoms with E-state index in [1.165, 1.54) is 12.1 Å². The highest BCUT2D eigenvalue weighted by atomic mass is 16.6. The molecule has 0 unspecified atom stereocenters. The predicted octanol–water partition coefficient (Wildman–Crippen LogP) is 1.81. The number of nitro benzene ring substituents is 1. The van der Waals surface area contributed by atoms with Gasteiger partial charge in [-0.15, -0.1) is 0 Å². The Hall–Kier alpha value is -3.00. The number of carbonyl (C=O) groups is 1. The molecular weight excluding hydrogens is 348 g/mol. The van der Waals surface area contributed by atoms with E-state index in [1.54, 1.807) is 24.3 Å². The Morgan fingerprint density at radius 1 is 1.19 bits per heavy atom. The first-order chi connectivity index (χ1) is 13.0. The molecule has 8 nitrogen and oxygen atoms in total. The summed E-state index contributed by atoms with van der Waals surface area (Å²) in [5.41, 5.74) is 1.45. The number of carbonyl (C=O) groups excluding carboxylic acids is 1. The molecule has 2 aromatic rings. The van der Waals surface area contributed by atoms with Crippen molar-refractivity contribution in [3.05, 3.63) is 68.6 Å². The first-order valence-electron chi connectivity index (χ1n) is 8.96. The van der Waals surface area contributed by atoms with Gasteiger partial charge < -0.3 is 9.88 Å². The predicted molar refractivity (Wildman–Crippen MR) is 99.7 cm³/mol. The minimum atomic E-state index is -0.485. The van der Waals surface area contributed by atoms with Gasteiger partial charge in [-0.3, -0.25) is 24.6 Å². The van der Waals surface area contributed by atoms with E-state index in [0.717, 1.165) is 25.2 Å². The summed E-state index contributed by atoms with van der Waals surface area (Å²) in [5.74, 6) is 0.403. The number of piperidine rings is 1. The molecule has 2 bridgehead atoms. The van der Waals surface area contributed by atoms with Gasteiger partial charge in [0.05, 0.1) is 11.5 Å². The zero-order valence-corrected chi connectivity index (χ0v) is 14.7. The second-order valence-corrected chi connectivity index (χ2v) is 7.25. The molecule has 2 aliphatic rings. The molecule has 3 heterocycles. The summed E-state index contributed by atoms with van der Waals surface area (Å²) in [5, 5.41) is 13.6. The molecule has 1 aromatic heterocycles. The van der Waals surface area contributed by atoms with E-state index in [2.05, 4.69) is 10.2 Å². The van der Waals surface area contributed by atoms with Gasteiger partial charge >= 0.3 is 0 Å². The molecule has 1 amide bonds. The molecule has 0 saturated carbocycles. The molecule has 0 spiro atoms. The lowest BCUT2D eigenvalue weighted by Crippen LogP contribution is -2.49. The van der Waals surface area contributed by atoms with Gasteiger partial charge in [0.15, 0.2) is 0 Å². The SMILES string of the molecule is O=C(CN1C[C@@H]2C[C@H](C1)c1cccc(=O)n1C2)Nc1cccc([N+](=O)[O-])c1. The van der Waals surface area contributed by atoms with Crippen LogP contribution in [0.15, 0.2) is 47.3 Å². The zero-order chi connectivity index (χ0) is 19.0. The minimum Gasteiger partial charge on any atom is -0.325 e. The van der Waals surface area contributed by atoms with Crippen molar-refractivity contribution in [3.8, 4) is 0 Å². The standard InChI is InChI=1S/C19H20N4O4/c24-18(20-15-3-1-4-16(8-15)23(26)27)12-21-9-13-7-14(11-21)17-5-2-6-19(25)22(17)10-13/h1-6,8,13-14H,7,9-12H2,(H,20,24)/t13-,14+/m0/s1. The molecule has 0 radical (unpaired) electrons. The molecule has 1 saturated heterocycles. The van der Waals surface area contributed by atoms with Crippen molar-refractivity contribution in [3.63, 3.8) is 0 Å². The average Bonchev–Trinajstić information content (AvgIpc) is 2.62. The van der Waals surface area contributed by atoms with E-state index in [-0.39, 0.29) is 29.6 Å². The molecule has 1 aromatic carbocycles. The third kappa shape index (κ3) is 3.61. The zero-order valence-electron chi connectivity index (χ0n) is 14.7. The Morgan fingerprint density at radius 3 is 2.81 bits per heavy atom. The molecule has 1 fully saturated rings. The fourth-order valence-electron chi connectivity index (χ4n) is 4.23. The highest BCUT2D eigenvalue weighted by Gasteiger charge is 2.34. The van der Waals surface area contributed by atoms with Crippen LogP contribution in [0.2, 0.25) is 0 Å². The number of amides is 1. The summed E-state index contributed by atoms with van der Waals surface area (Å²) in [7, 11) is 0. The first-order valence-corrected chi connectivity index (χ1v) is 8.96. The highest BCUT2D eigenvalue weighted by molar-refractivity contribution is 5.92. The number of hydrogen-bond acceptors (Lipinski definition) is 5. The smallest absolute Gasteiger partial charge is 0.271 e. The van der Waals surface area contributed by atoms with Crippen LogP contribution in [0.3, 0.4) is 0 Å². The van der Waals surface area contributed by atoms with E-state index < -0.39 is 4.92 Å². The Kier molecular flexibility index (Phi) is 4.49. The Bertz CT molecular complexity index is 955. The van der Waals surface area contributed by atoms with Gasteiger partial charge in [-0.1, -0.05) is 12.1 Å². The minimum absolute atomic E-state index is 0.0408. The van der Waals surface area contributed by atoms with Crippen molar-refractivity contribution in [2.75, 3.05) is 25.0 Å². The van der Waals surface area contributed by atoms with E-state index in [1.807, 2.05) is 10.6 Å². The number of pyridine rings is 1. The van der Waals surface area contributed by atoms with Crippen molar-refractivity contribution >= 4 is 17.3 Å². The van der Waals surface area contributed by atoms with Gasteiger partial charge in [0, 0.05) is 55.1 Å². The fourth-order valence-corrected chi connectivity index (χ4v) is 4.23. The van der Waals surface area contributed by atoms with Crippen molar-refractivity contribution in [2.45, 2.75) is 18.9 Å². The van der Waals surface area contributed by atoms with Crippen LogP contribution in [0, 0.1) is 16.0 Å².